The fraction of sp³-hybridized carbons (Fsp3) is 0.417. The summed E-state index contributed by atoms with van der Waals surface area (Å²) in [7, 11) is 0. The molecule has 0 bridgehead atoms. The lowest BCUT2D eigenvalue weighted by atomic mass is 9.99. The number of aliphatic hydroxyl groups is 1. The summed E-state index contributed by atoms with van der Waals surface area (Å²) in [4.78, 5) is 11.5. The summed E-state index contributed by atoms with van der Waals surface area (Å²) in [5, 5.41) is 10.5. The Labute approximate surface area is 104 Å². The van der Waals surface area contributed by atoms with Crippen LogP contribution in [0.1, 0.15) is 25.0 Å². The summed E-state index contributed by atoms with van der Waals surface area (Å²) >= 11 is 5.83. The number of benzene rings is 1. The molecule has 1 aromatic carbocycles. The second kappa shape index (κ2) is 4.94. The Kier molecular flexibility index (Phi) is 3.54. The van der Waals surface area contributed by atoms with Crippen LogP contribution in [0.25, 0.3) is 0 Å². The molecule has 0 spiro atoms. The largest absolute Gasteiger partial charge is 0.478 e. The van der Waals surface area contributed by atoms with Crippen molar-refractivity contribution in [2.45, 2.75) is 25.6 Å². The maximum Gasteiger partial charge on any atom is 0.347 e. The minimum atomic E-state index is -0.758. The molecule has 0 amide bonds. The molecule has 1 N–H and O–H groups in total. The smallest absolute Gasteiger partial charge is 0.347 e. The van der Waals surface area contributed by atoms with Crippen molar-refractivity contribution in [3.8, 4) is 5.75 Å². The summed E-state index contributed by atoms with van der Waals surface area (Å²) in [6.45, 7) is 2.02. The Morgan fingerprint density at radius 1 is 1.65 bits per heavy atom. The van der Waals surface area contributed by atoms with Crippen molar-refractivity contribution in [2.75, 3.05) is 6.61 Å². The second-order valence-electron chi connectivity index (χ2n) is 3.79. The highest BCUT2D eigenvalue weighted by Crippen LogP contribution is 2.36. The Morgan fingerprint density at radius 3 is 3.12 bits per heavy atom. The van der Waals surface area contributed by atoms with Crippen molar-refractivity contribution in [1.82, 2.24) is 0 Å². The van der Waals surface area contributed by atoms with Crippen LogP contribution < -0.4 is 4.74 Å². The van der Waals surface area contributed by atoms with E-state index in [4.69, 9.17) is 21.1 Å². The molecule has 1 heterocycles. The van der Waals surface area contributed by atoms with Crippen LogP contribution >= 0.6 is 11.6 Å². The van der Waals surface area contributed by atoms with Gasteiger partial charge in [-0.3, -0.25) is 0 Å². The van der Waals surface area contributed by atoms with Gasteiger partial charge in [-0.25, -0.2) is 4.79 Å². The average molecular weight is 257 g/mol. The van der Waals surface area contributed by atoms with Crippen LogP contribution in [0.5, 0.6) is 5.75 Å². The number of ether oxygens (including phenoxy) is 2. The maximum atomic E-state index is 11.5. The monoisotopic (exact) mass is 256 g/mol. The molecular formula is C12H13ClO4. The average Bonchev–Trinajstić information content (AvgIpc) is 2.30. The topological polar surface area (TPSA) is 55.8 Å². The van der Waals surface area contributed by atoms with Crippen LogP contribution in [-0.2, 0) is 9.53 Å². The number of fused-ring (bicyclic) bond motifs is 1. The molecule has 0 saturated heterocycles. The van der Waals surface area contributed by atoms with E-state index in [0.717, 1.165) is 0 Å². The van der Waals surface area contributed by atoms with E-state index >= 15 is 0 Å². The van der Waals surface area contributed by atoms with Crippen LogP contribution in [0.3, 0.4) is 0 Å². The molecule has 17 heavy (non-hydrogen) atoms. The van der Waals surface area contributed by atoms with Gasteiger partial charge in [-0.1, -0.05) is 11.6 Å². The van der Waals surface area contributed by atoms with E-state index < -0.39 is 18.2 Å². The number of carbonyl (C=O) groups excluding carboxylic acids is 1. The van der Waals surface area contributed by atoms with Crippen LogP contribution in [0, 0.1) is 0 Å². The summed E-state index contributed by atoms with van der Waals surface area (Å²) in [6.07, 6.45) is -1.32. The van der Waals surface area contributed by atoms with Gasteiger partial charge in [0.15, 0.2) is 6.10 Å². The first-order valence-corrected chi connectivity index (χ1v) is 5.80. The minimum Gasteiger partial charge on any atom is -0.478 e. The molecule has 2 unspecified atom stereocenters. The van der Waals surface area contributed by atoms with Crippen molar-refractivity contribution in [2.24, 2.45) is 0 Å². The quantitative estimate of drug-likeness (QED) is 0.824. The normalized spacial score (nSPS) is 22.5. The molecule has 1 aromatic rings. The molecule has 0 aromatic heterocycles. The summed E-state index contributed by atoms with van der Waals surface area (Å²) in [5.41, 5.74) is 0.609. The first-order valence-electron chi connectivity index (χ1n) is 5.42. The fourth-order valence-corrected chi connectivity index (χ4v) is 1.98. The van der Waals surface area contributed by atoms with Gasteiger partial charge in [-0.2, -0.15) is 0 Å². The van der Waals surface area contributed by atoms with Gasteiger partial charge in [-0.15, -0.1) is 0 Å². The van der Waals surface area contributed by atoms with Gasteiger partial charge < -0.3 is 14.6 Å². The first kappa shape index (κ1) is 12.2. The molecule has 1 aliphatic heterocycles. The molecule has 0 fully saturated rings. The molecule has 4 nitrogen and oxygen atoms in total. The van der Waals surface area contributed by atoms with Crippen molar-refractivity contribution >= 4 is 17.6 Å². The number of rotatable bonds is 2. The van der Waals surface area contributed by atoms with Crippen molar-refractivity contribution < 1.29 is 19.4 Å². The van der Waals surface area contributed by atoms with Gasteiger partial charge >= 0.3 is 5.97 Å². The number of aliphatic hydroxyl groups excluding tert-OH is 1. The van der Waals surface area contributed by atoms with Gasteiger partial charge in [0.05, 0.1) is 12.7 Å². The van der Waals surface area contributed by atoms with Crippen LogP contribution in [0.15, 0.2) is 18.2 Å². The van der Waals surface area contributed by atoms with Gasteiger partial charge in [0.1, 0.15) is 5.75 Å². The zero-order chi connectivity index (χ0) is 12.4. The molecule has 2 rings (SSSR count). The van der Waals surface area contributed by atoms with Crippen LogP contribution in [0.2, 0.25) is 5.02 Å². The minimum absolute atomic E-state index is 0.187. The highest BCUT2D eigenvalue weighted by Gasteiger charge is 2.32. The predicted molar refractivity (Wildman–Crippen MR) is 62.1 cm³/mol. The lowest BCUT2D eigenvalue weighted by Gasteiger charge is -2.28. The van der Waals surface area contributed by atoms with Crippen LogP contribution in [0.4, 0.5) is 0 Å². The third kappa shape index (κ3) is 2.53. The van der Waals surface area contributed by atoms with Crippen molar-refractivity contribution in [3.63, 3.8) is 0 Å². The zero-order valence-electron chi connectivity index (χ0n) is 9.35. The third-order valence-corrected chi connectivity index (χ3v) is 2.82. The Balaban J connectivity index is 2.21. The molecule has 1 aliphatic rings. The van der Waals surface area contributed by atoms with E-state index in [0.29, 0.717) is 22.9 Å². The Morgan fingerprint density at radius 2 is 2.41 bits per heavy atom. The third-order valence-electron chi connectivity index (χ3n) is 2.59. The molecule has 92 valence electrons. The lowest BCUT2D eigenvalue weighted by Crippen LogP contribution is -2.34. The van der Waals surface area contributed by atoms with E-state index in [1.807, 2.05) is 0 Å². The SMILES string of the molecule is CCOC(=O)C1CC(O)c2cc(Cl)ccc2O1. The van der Waals surface area contributed by atoms with E-state index in [1.54, 1.807) is 25.1 Å². The molecule has 2 atom stereocenters. The van der Waals surface area contributed by atoms with Crippen LogP contribution in [-0.4, -0.2) is 23.8 Å². The number of halogens is 1. The van der Waals surface area contributed by atoms with Gasteiger partial charge in [0, 0.05) is 17.0 Å². The van der Waals surface area contributed by atoms with Crippen molar-refractivity contribution in [1.29, 1.82) is 0 Å². The number of hydrogen-bond donors (Lipinski definition) is 1. The fourth-order valence-electron chi connectivity index (χ4n) is 1.80. The van der Waals surface area contributed by atoms with Crippen molar-refractivity contribution in [3.05, 3.63) is 28.8 Å². The van der Waals surface area contributed by atoms with Gasteiger partial charge in [-0.05, 0) is 25.1 Å². The standard InChI is InChI=1S/C12H13ClO4/c1-2-16-12(15)11-6-9(14)8-5-7(13)3-4-10(8)17-11/h3-5,9,11,14H,2,6H2,1H3. The number of hydrogen-bond acceptors (Lipinski definition) is 4. The number of esters is 1. The summed E-state index contributed by atoms with van der Waals surface area (Å²) < 4.78 is 10.3. The maximum absolute atomic E-state index is 11.5. The Bertz CT molecular complexity index is 433. The summed E-state index contributed by atoms with van der Waals surface area (Å²) in [5.74, 6) is 0.0263. The number of carbonyl (C=O) groups is 1. The highest BCUT2D eigenvalue weighted by molar-refractivity contribution is 6.30. The molecule has 5 heteroatoms. The van der Waals surface area contributed by atoms with Gasteiger partial charge in [0.2, 0.25) is 0 Å². The van der Waals surface area contributed by atoms with E-state index in [9.17, 15) is 9.90 Å². The zero-order valence-corrected chi connectivity index (χ0v) is 10.1. The molecule has 0 saturated carbocycles. The van der Waals surface area contributed by atoms with Gasteiger partial charge in [0.25, 0.3) is 0 Å². The second-order valence-corrected chi connectivity index (χ2v) is 4.23. The van der Waals surface area contributed by atoms with E-state index in [1.165, 1.54) is 0 Å². The molecular weight excluding hydrogens is 244 g/mol. The lowest BCUT2D eigenvalue weighted by molar-refractivity contribution is -0.154. The highest BCUT2D eigenvalue weighted by atomic mass is 35.5. The molecule has 0 radical (unpaired) electrons. The predicted octanol–water partition coefficient (Wildman–Crippen LogP) is 2.09. The van der Waals surface area contributed by atoms with E-state index in [-0.39, 0.29) is 6.42 Å². The molecule has 0 aliphatic carbocycles. The first-order chi connectivity index (χ1) is 8.11. The Hall–Kier alpha value is -1.26. The summed E-state index contributed by atoms with van der Waals surface area (Å²) in [6, 6.07) is 4.94. The van der Waals surface area contributed by atoms with E-state index in [2.05, 4.69) is 0 Å².